The molecule has 2 aromatic heterocycles. The number of aromatic nitrogens is 4. The highest BCUT2D eigenvalue weighted by Gasteiger charge is 2.31. The average molecular weight is 337 g/mol. The van der Waals surface area contributed by atoms with Gasteiger partial charge in [-0.2, -0.15) is 4.98 Å². The molecular weight excluding hydrogens is 327 g/mol. The van der Waals surface area contributed by atoms with Crippen molar-refractivity contribution in [1.29, 1.82) is 0 Å². The molecule has 0 saturated carbocycles. The Morgan fingerprint density at radius 2 is 2.12 bits per heavy atom. The second-order valence-electron chi connectivity index (χ2n) is 4.69. The number of nitrogens with zero attached hydrogens (tertiary/aromatic N) is 4. The van der Waals surface area contributed by atoms with E-state index in [1.54, 1.807) is 18.5 Å². The van der Waals surface area contributed by atoms with Crippen LogP contribution in [0.15, 0.2) is 42.7 Å². The highest BCUT2D eigenvalue weighted by atomic mass is 19.4. The summed E-state index contributed by atoms with van der Waals surface area (Å²) in [6, 6.07) is 6.66. The van der Waals surface area contributed by atoms with E-state index in [1.165, 1.54) is 16.6 Å². The monoisotopic (exact) mass is 337 g/mol. The summed E-state index contributed by atoms with van der Waals surface area (Å²) >= 11 is 0. The Bertz CT molecular complexity index is 845. The fourth-order valence-electron chi connectivity index (χ4n) is 1.97. The van der Waals surface area contributed by atoms with Gasteiger partial charge in [0.15, 0.2) is 5.82 Å². The number of amides is 1. The van der Waals surface area contributed by atoms with Crippen molar-refractivity contribution in [2.75, 3.05) is 5.32 Å². The van der Waals surface area contributed by atoms with Gasteiger partial charge in [0.05, 0.1) is 6.42 Å². The van der Waals surface area contributed by atoms with E-state index in [-0.39, 0.29) is 17.9 Å². The Kier molecular flexibility index (Phi) is 4.02. The summed E-state index contributed by atoms with van der Waals surface area (Å²) in [6.45, 7) is 0. The largest absolute Gasteiger partial charge is 0.573 e. The van der Waals surface area contributed by atoms with Crippen molar-refractivity contribution in [3.63, 3.8) is 0 Å². The van der Waals surface area contributed by atoms with E-state index in [2.05, 4.69) is 25.1 Å². The Hall–Kier alpha value is -3.17. The molecule has 0 radical (unpaired) electrons. The molecule has 1 N–H and O–H groups in total. The lowest BCUT2D eigenvalue weighted by Crippen LogP contribution is -2.18. The zero-order chi connectivity index (χ0) is 17.2. The van der Waals surface area contributed by atoms with E-state index in [0.717, 1.165) is 12.1 Å². The minimum atomic E-state index is -4.80. The predicted octanol–water partition coefficient (Wildman–Crippen LogP) is 2.20. The first-order valence-corrected chi connectivity index (χ1v) is 6.71. The second-order valence-corrected chi connectivity index (χ2v) is 4.69. The lowest BCUT2D eigenvalue weighted by Gasteiger charge is -2.10. The topological polar surface area (TPSA) is 81.4 Å². The molecule has 0 saturated heterocycles. The Labute approximate surface area is 133 Å². The molecule has 0 aliphatic heterocycles. The zero-order valence-corrected chi connectivity index (χ0v) is 12.0. The molecule has 3 aromatic rings. The van der Waals surface area contributed by atoms with Gasteiger partial charge >= 0.3 is 6.36 Å². The molecule has 1 aromatic carbocycles. The van der Waals surface area contributed by atoms with E-state index < -0.39 is 18.0 Å². The summed E-state index contributed by atoms with van der Waals surface area (Å²) in [5.74, 6) is -0.305. The third kappa shape index (κ3) is 3.97. The molecule has 3 rings (SSSR count). The van der Waals surface area contributed by atoms with Gasteiger partial charge in [-0.1, -0.05) is 6.07 Å². The maximum Gasteiger partial charge on any atom is 0.573 e. The molecule has 124 valence electrons. The van der Waals surface area contributed by atoms with Crippen LogP contribution in [0.2, 0.25) is 0 Å². The minimum absolute atomic E-state index is 0.145. The lowest BCUT2D eigenvalue weighted by atomic mass is 10.3. The Morgan fingerprint density at radius 1 is 1.29 bits per heavy atom. The van der Waals surface area contributed by atoms with Crippen molar-refractivity contribution in [2.45, 2.75) is 12.8 Å². The fraction of sp³-hybridized carbons (Fsp3) is 0.143. The maximum absolute atomic E-state index is 12.2. The van der Waals surface area contributed by atoms with Gasteiger partial charge in [-0.15, -0.1) is 18.3 Å². The van der Waals surface area contributed by atoms with E-state index in [4.69, 9.17) is 0 Å². The Morgan fingerprint density at radius 3 is 2.88 bits per heavy atom. The number of anilines is 1. The van der Waals surface area contributed by atoms with Crippen LogP contribution in [0.4, 0.5) is 18.9 Å². The standard InChI is InChI=1S/C14H10F3N5O2/c15-14(16,17)24-10-4-1-3-9(7-10)19-12(23)8-11-20-13-18-5-2-6-22(13)21-11/h1-7H,8H2,(H,19,23). The summed E-state index contributed by atoms with van der Waals surface area (Å²) < 4.78 is 41.8. The van der Waals surface area contributed by atoms with Crippen molar-refractivity contribution in [3.05, 3.63) is 48.5 Å². The molecule has 0 aliphatic carbocycles. The van der Waals surface area contributed by atoms with Gasteiger partial charge in [0.25, 0.3) is 5.78 Å². The van der Waals surface area contributed by atoms with Crippen LogP contribution in [-0.2, 0) is 11.2 Å². The van der Waals surface area contributed by atoms with Crippen LogP contribution in [0.25, 0.3) is 5.78 Å². The van der Waals surface area contributed by atoms with Gasteiger partial charge in [0, 0.05) is 24.1 Å². The van der Waals surface area contributed by atoms with E-state index in [1.807, 2.05) is 0 Å². The van der Waals surface area contributed by atoms with Crippen molar-refractivity contribution in [3.8, 4) is 5.75 Å². The van der Waals surface area contributed by atoms with Gasteiger partial charge in [0.2, 0.25) is 5.91 Å². The number of ether oxygens (including phenoxy) is 1. The van der Waals surface area contributed by atoms with Crippen LogP contribution in [-0.4, -0.2) is 31.9 Å². The van der Waals surface area contributed by atoms with Crippen LogP contribution in [0, 0.1) is 0 Å². The minimum Gasteiger partial charge on any atom is -0.406 e. The number of benzene rings is 1. The van der Waals surface area contributed by atoms with Crippen molar-refractivity contribution < 1.29 is 22.7 Å². The first-order valence-electron chi connectivity index (χ1n) is 6.71. The molecule has 0 bridgehead atoms. The zero-order valence-electron chi connectivity index (χ0n) is 12.0. The van der Waals surface area contributed by atoms with Crippen LogP contribution in [0.1, 0.15) is 5.82 Å². The average Bonchev–Trinajstić information content (AvgIpc) is 2.87. The van der Waals surface area contributed by atoms with Crippen molar-refractivity contribution in [2.24, 2.45) is 0 Å². The smallest absolute Gasteiger partial charge is 0.406 e. The number of fused-ring (bicyclic) bond motifs is 1. The van der Waals surface area contributed by atoms with E-state index in [9.17, 15) is 18.0 Å². The fourth-order valence-corrected chi connectivity index (χ4v) is 1.97. The molecule has 7 nitrogen and oxygen atoms in total. The normalized spacial score (nSPS) is 11.5. The van der Waals surface area contributed by atoms with E-state index >= 15 is 0 Å². The molecule has 0 unspecified atom stereocenters. The number of alkyl halides is 3. The first kappa shape index (κ1) is 15.7. The third-order valence-corrected chi connectivity index (χ3v) is 2.83. The molecule has 24 heavy (non-hydrogen) atoms. The van der Waals surface area contributed by atoms with Gasteiger partial charge in [-0.05, 0) is 18.2 Å². The third-order valence-electron chi connectivity index (χ3n) is 2.83. The number of hydrogen-bond acceptors (Lipinski definition) is 5. The van der Waals surface area contributed by atoms with Crippen LogP contribution in [0.5, 0.6) is 5.75 Å². The number of halogens is 3. The van der Waals surface area contributed by atoms with Gasteiger partial charge in [-0.3, -0.25) is 4.79 Å². The number of rotatable bonds is 4. The second kappa shape index (κ2) is 6.14. The van der Waals surface area contributed by atoms with Crippen LogP contribution < -0.4 is 10.1 Å². The maximum atomic E-state index is 12.2. The number of carbonyl (C=O) groups excluding carboxylic acids is 1. The van der Waals surface area contributed by atoms with E-state index in [0.29, 0.717) is 5.78 Å². The summed E-state index contributed by atoms with van der Waals surface area (Å²) in [5.41, 5.74) is 0.170. The Balaban J connectivity index is 1.67. The molecule has 0 atom stereocenters. The van der Waals surface area contributed by atoms with Crippen LogP contribution >= 0.6 is 0 Å². The lowest BCUT2D eigenvalue weighted by molar-refractivity contribution is -0.274. The van der Waals surface area contributed by atoms with Crippen molar-refractivity contribution >= 4 is 17.4 Å². The molecule has 0 fully saturated rings. The summed E-state index contributed by atoms with van der Waals surface area (Å²) in [5, 5.41) is 6.53. The van der Waals surface area contributed by atoms with Gasteiger partial charge in [0.1, 0.15) is 5.75 Å². The summed E-state index contributed by atoms with van der Waals surface area (Å²) in [6.07, 6.45) is -1.77. The van der Waals surface area contributed by atoms with Crippen molar-refractivity contribution in [1.82, 2.24) is 19.6 Å². The van der Waals surface area contributed by atoms with Crippen LogP contribution in [0.3, 0.4) is 0 Å². The number of hydrogen-bond donors (Lipinski definition) is 1. The predicted molar refractivity (Wildman–Crippen MR) is 76.2 cm³/mol. The van der Waals surface area contributed by atoms with Gasteiger partial charge in [-0.25, -0.2) is 9.50 Å². The quantitative estimate of drug-likeness (QED) is 0.789. The molecule has 10 heteroatoms. The summed E-state index contributed by atoms with van der Waals surface area (Å²) in [7, 11) is 0. The first-order chi connectivity index (χ1) is 11.4. The molecular formula is C14H10F3N5O2. The summed E-state index contributed by atoms with van der Waals surface area (Å²) in [4.78, 5) is 20.0. The number of carbonyl (C=O) groups is 1. The molecule has 2 heterocycles. The SMILES string of the molecule is O=C(Cc1nc2ncccn2n1)Nc1cccc(OC(F)(F)F)c1. The number of nitrogens with one attached hydrogen (secondary N) is 1. The van der Waals surface area contributed by atoms with Gasteiger partial charge < -0.3 is 10.1 Å². The molecule has 0 spiro atoms. The molecule has 1 amide bonds. The highest BCUT2D eigenvalue weighted by molar-refractivity contribution is 5.92. The highest BCUT2D eigenvalue weighted by Crippen LogP contribution is 2.25. The molecule has 0 aliphatic rings.